The fourth-order valence-electron chi connectivity index (χ4n) is 2.92. The number of amides is 1. The lowest BCUT2D eigenvalue weighted by Gasteiger charge is -2.31. The van der Waals surface area contributed by atoms with Crippen LogP contribution >= 0.6 is 0 Å². The maximum atomic E-state index is 11.1. The number of primary amides is 1. The van der Waals surface area contributed by atoms with Crippen molar-refractivity contribution in [1.29, 1.82) is 0 Å². The van der Waals surface area contributed by atoms with Gasteiger partial charge in [0.2, 0.25) is 17.7 Å². The van der Waals surface area contributed by atoms with Crippen LogP contribution in [0.5, 0.6) is 5.88 Å². The van der Waals surface area contributed by atoms with E-state index in [1.165, 1.54) is 0 Å². The van der Waals surface area contributed by atoms with E-state index in [2.05, 4.69) is 19.9 Å². The molecule has 0 unspecified atom stereocenters. The lowest BCUT2D eigenvalue weighted by atomic mass is 9.96. The van der Waals surface area contributed by atoms with E-state index in [-0.39, 0.29) is 12.5 Å². The highest BCUT2D eigenvalue weighted by atomic mass is 16.5. The van der Waals surface area contributed by atoms with Gasteiger partial charge in [0.05, 0.1) is 7.11 Å². The fraction of sp³-hybridized carbons (Fsp3) is 0.467. The Bertz CT molecular complexity index is 678. The Hall–Kier alpha value is -2.64. The van der Waals surface area contributed by atoms with E-state index >= 15 is 0 Å². The molecule has 23 heavy (non-hydrogen) atoms. The van der Waals surface area contributed by atoms with Crippen molar-refractivity contribution in [3.8, 4) is 5.88 Å². The highest BCUT2D eigenvalue weighted by molar-refractivity contribution is 5.73. The summed E-state index contributed by atoms with van der Waals surface area (Å²) in [6.07, 6.45) is 7.08. The second kappa shape index (κ2) is 6.64. The summed E-state index contributed by atoms with van der Waals surface area (Å²) in [5, 5.41) is 0. The molecule has 0 aromatic carbocycles. The highest BCUT2D eigenvalue weighted by Gasteiger charge is 2.25. The summed E-state index contributed by atoms with van der Waals surface area (Å²) < 4.78 is 6.98. The molecule has 0 radical (unpaired) electrons. The number of nitrogens with two attached hydrogens (primary N) is 1. The van der Waals surface area contributed by atoms with Gasteiger partial charge in [-0.3, -0.25) is 4.79 Å². The molecule has 1 saturated heterocycles. The number of rotatable bonds is 5. The van der Waals surface area contributed by atoms with Gasteiger partial charge in [0.15, 0.2) is 0 Å². The number of methoxy groups -OCH3 is 1. The number of nitrogens with zero attached hydrogens (tertiary/aromatic N) is 5. The number of hydrogen-bond donors (Lipinski definition) is 1. The third-order valence-corrected chi connectivity index (χ3v) is 4.04. The molecular weight excluding hydrogens is 296 g/mol. The molecule has 2 aromatic heterocycles. The van der Waals surface area contributed by atoms with Gasteiger partial charge in [-0.05, 0) is 12.8 Å². The Morgan fingerprint density at radius 3 is 2.83 bits per heavy atom. The van der Waals surface area contributed by atoms with Crippen molar-refractivity contribution in [1.82, 2.24) is 19.5 Å². The van der Waals surface area contributed by atoms with Crippen LogP contribution in [0.15, 0.2) is 24.7 Å². The molecule has 0 atom stereocenters. The highest BCUT2D eigenvalue weighted by Crippen LogP contribution is 2.28. The average molecular weight is 316 g/mol. The Balaban J connectivity index is 1.66. The number of ether oxygens (including phenoxy) is 1. The first-order chi connectivity index (χ1) is 11.2. The maximum absolute atomic E-state index is 11.1. The van der Waals surface area contributed by atoms with Crippen LogP contribution in [0.25, 0.3) is 0 Å². The van der Waals surface area contributed by atoms with Crippen molar-refractivity contribution in [3.05, 3.63) is 30.5 Å². The molecule has 0 spiro atoms. The molecule has 8 nitrogen and oxygen atoms in total. The zero-order chi connectivity index (χ0) is 16.2. The summed E-state index contributed by atoms with van der Waals surface area (Å²) in [5.74, 6) is 2.13. The zero-order valence-corrected chi connectivity index (χ0v) is 13.1. The SMILES string of the molecule is COc1ccnc(N2CCC(c3nccn3CC(N)=O)CC2)n1. The van der Waals surface area contributed by atoms with Crippen LogP contribution < -0.4 is 15.4 Å². The molecule has 0 saturated carbocycles. The molecular formula is C15H20N6O2. The molecule has 8 heteroatoms. The molecule has 3 rings (SSSR count). The molecule has 0 bridgehead atoms. The number of aromatic nitrogens is 4. The molecule has 122 valence electrons. The maximum Gasteiger partial charge on any atom is 0.237 e. The van der Waals surface area contributed by atoms with Crippen molar-refractivity contribution in [2.24, 2.45) is 5.73 Å². The van der Waals surface area contributed by atoms with Crippen LogP contribution in [0.2, 0.25) is 0 Å². The first-order valence-corrected chi connectivity index (χ1v) is 7.58. The molecule has 1 aliphatic rings. The quantitative estimate of drug-likeness (QED) is 0.865. The summed E-state index contributed by atoms with van der Waals surface area (Å²) in [7, 11) is 1.59. The first kappa shape index (κ1) is 15.3. The third-order valence-electron chi connectivity index (χ3n) is 4.04. The van der Waals surface area contributed by atoms with Crippen molar-refractivity contribution in [2.75, 3.05) is 25.1 Å². The van der Waals surface area contributed by atoms with Gasteiger partial charge in [0.25, 0.3) is 0 Å². The van der Waals surface area contributed by atoms with Crippen molar-refractivity contribution >= 4 is 11.9 Å². The number of carbonyl (C=O) groups excluding carboxylic acids is 1. The van der Waals surface area contributed by atoms with Gasteiger partial charge in [-0.2, -0.15) is 4.98 Å². The van der Waals surface area contributed by atoms with Gasteiger partial charge < -0.3 is 19.9 Å². The Kier molecular flexibility index (Phi) is 4.40. The van der Waals surface area contributed by atoms with Crippen molar-refractivity contribution in [2.45, 2.75) is 25.3 Å². The molecule has 1 fully saturated rings. The smallest absolute Gasteiger partial charge is 0.237 e. The van der Waals surface area contributed by atoms with Crippen molar-refractivity contribution in [3.63, 3.8) is 0 Å². The summed E-state index contributed by atoms with van der Waals surface area (Å²) >= 11 is 0. The van der Waals surface area contributed by atoms with E-state index < -0.39 is 0 Å². The minimum absolute atomic E-state index is 0.175. The predicted octanol–water partition coefficient (Wildman–Crippen LogP) is 0.551. The molecule has 2 N–H and O–H groups in total. The third kappa shape index (κ3) is 3.41. The molecule has 1 amide bonds. The monoisotopic (exact) mass is 316 g/mol. The summed E-state index contributed by atoms with van der Waals surface area (Å²) in [6.45, 7) is 1.84. The average Bonchev–Trinajstić information content (AvgIpc) is 3.02. The van der Waals surface area contributed by atoms with Crippen LogP contribution in [0.4, 0.5) is 5.95 Å². The molecule has 2 aromatic rings. The number of hydrogen-bond acceptors (Lipinski definition) is 6. The van der Waals surface area contributed by atoms with Gasteiger partial charge in [-0.15, -0.1) is 0 Å². The number of imidazole rings is 1. The Labute approximate surface area is 134 Å². The van der Waals surface area contributed by atoms with E-state index in [0.717, 1.165) is 31.8 Å². The minimum Gasteiger partial charge on any atom is -0.481 e. The normalized spacial score (nSPS) is 15.6. The largest absolute Gasteiger partial charge is 0.481 e. The standard InChI is InChI=1S/C15H20N6O2/c1-23-13-2-5-18-15(19-13)20-7-3-11(4-8-20)14-17-6-9-21(14)10-12(16)22/h2,5-6,9,11H,3-4,7-8,10H2,1H3,(H2,16,22). The predicted molar refractivity (Wildman–Crippen MR) is 84.2 cm³/mol. The van der Waals surface area contributed by atoms with Crippen LogP contribution in [0.1, 0.15) is 24.6 Å². The first-order valence-electron chi connectivity index (χ1n) is 7.58. The Morgan fingerprint density at radius 2 is 2.13 bits per heavy atom. The van der Waals surface area contributed by atoms with Crippen molar-refractivity contribution < 1.29 is 9.53 Å². The van der Waals surface area contributed by atoms with Gasteiger partial charge in [-0.25, -0.2) is 9.97 Å². The number of carbonyl (C=O) groups is 1. The summed E-state index contributed by atoms with van der Waals surface area (Å²) in [5.41, 5.74) is 5.28. The van der Waals surface area contributed by atoms with Crippen LogP contribution in [-0.4, -0.2) is 45.6 Å². The molecule has 1 aliphatic heterocycles. The van der Waals surface area contributed by atoms with Crippen LogP contribution in [0, 0.1) is 0 Å². The van der Waals surface area contributed by atoms with E-state index in [1.54, 1.807) is 31.8 Å². The second-order valence-corrected chi connectivity index (χ2v) is 5.54. The molecule has 3 heterocycles. The zero-order valence-electron chi connectivity index (χ0n) is 13.1. The van der Waals surface area contributed by atoms with Gasteiger partial charge in [0.1, 0.15) is 12.4 Å². The Morgan fingerprint density at radius 1 is 1.35 bits per heavy atom. The lowest BCUT2D eigenvalue weighted by molar-refractivity contribution is -0.118. The van der Waals surface area contributed by atoms with Crippen LogP contribution in [-0.2, 0) is 11.3 Å². The van der Waals surface area contributed by atoms with Crippen LogP contribution in [0.3, 0.4) is 0 Å². The topological polar surface area (TPSA) is 99.2 Å². The van der Waals surface area contributed by atoms with E-state index in [0.29, 0.717) is 17.7 Å². The van der Waals surface area contributed by atoms with Gasteiger partial charge in [-0.1, -0.05) is 0 Å². The number of piperidine rings is 1. The lowest BCUT2D eigenvalue weighted by Crippen LogP contribution is -2.35. The summed E-state index contributed by atoms with van der Waals surface area (Å²) in [4.78, 5) is 26.4. The molecule has 0 aliphatic carbocycles. The second-order valence-electron chi connectivity index (χ2n) is 5.54. The van der Waals surface area contributed by atoms with Gasteiger partial charge in [0, 0.05) is 43.7 Å². The van der Waals surface area contributed by atoms with E-state index in [9.17, 15) is 4.79 Å². The van der Waals surface area contributed by atoms with E-state index in [1.807, 2.05) is 4.57 Å². The minimum atomic E-state index is -0.355. The number of anilines is 1. The van der Waals surface area contributed by atoms with E-state index in [4.69, 9.17) is 10.5 Å². The summed E-state index contributed by atoms with van der Waals surface area (Å²) in [6, 6.07) is 1.73. The van der Waals surface area contributed by atoms with Gasteiger partial charge >= 0.3 is 0 Å². The fourth-order valence-corrected chi connectivity index (χ4v) is 2.92.